The highest BCUT2D eigenvalue weighted by Gasteiger charge is 2.55. The second kappa shape index (κ2) is 8.39. The normalized spacial score (nSPS) is 25.8. The lowest BCUT2D eigenvalue weighted by molar-refractivity contribution is -0.132. The highest BCUT2D eigenvalue weighted by atomic mass is 19.1. The van der Waals surface area contributed by atoms with Gasteiger partial charge >= 0.3 is 0 Å². The van der Waals surface area contributed by atoms with Gasteiger partial charge in [0.25, 0.3) is 11.8 Å². The molecule has 9 heteroatoms. The number of aromatic nitrogens is 2. The lowest BCUT2D eigenvalue weighted by Crippen LogP contribution is -2.70. The number of halogens is 1. The highest BCUT2D eigenvalue weighted by Crippen LogP contribution is 2.47. The summed E-state index contributed by atoms with van der Waals surface area (Å²) in [5.74, 6) is -0.762. The fourth-order valence-electron chi connectivity index (χ4n) is 5.14. The van der Waals surface area contributed by atoms with E-state index in [0.29, 0.717) is 49.0 Å². The van der Waals surface area contributed by atoms with E-state index in [1.165, 1.54) is 6.07 Å². The summed E-state index contributed by atoms with van der Waals surface area (Å²) in [5.41, 5.74) is 0.230. The summed E-state index contributed by atoms with van der Waals surface area (Å²) in [7, 11) is 0. The second-order valence-electron chi connectivity index (χ2n) is 9.45. The van der Waals surface area contributed by atoms with Crippen LogP contribution in [-0.2, 0) is 4.79 Å². The quantitative estimate of drug-likeness (QED) is 0.518. The standard InChI is InChI=1S/C25H27FN4O4/c1-16-5-6-17(12-18(16)26)34-15-22(32)28-25-9-7-24(8-10-25,13-20(25)31)29-23(33)19-14-30-11-3-2-4-21(30)27-19/h2-6,11-12,14,20,31H,7-10,13,15H2,1H3,(H,28,32)(H,29,33). The molecule has 178 valence electrons. The van der Waals surface area contributed by atoms with Crippen molar-refractivity contribution in [2.75, 3.05) is 6.61 Å². The maximum Gasteiger partial charge on any atom is 0.271 e. The van der Waals surface area contributed by atoms with Crippen LogP contribution in [0.4, 0.5) is 4.39 Å². The lowest BCUT2D eigenvalue weighted by Gasteiger charge is -2.56. The third kappa shape index (κ3) is 4.11. The van der Waals surface area contributed by atoms with Crippen LogP contribution in [0.5, 0.6) is 5.75 Å². The molecule has 0 aliphatic heterocycles. The highest BCUT2D eigenvalue weighted by molar-refractivity contribution is 5.93. The molecule has 3 N–H and O–H groups in total. The molecule has 3 fully saturated rings. The van der Waals surface area contributed by atoms with Gasteiger partial charge in [-0.15, -0.1) is 0 Å². The van der Waals surface area contributed by atoms with E-state index in [9.17, 15) is 19.1 Å². The van der Waals surface area contributed by atoms with E-state index in [-0.39, 0.29) is 24.2 Å². The van der Waals surface area contributed by atoms with Gasteiger partial charge < -0.3 is 24.9 Å². The predicted octanol–water partition coefficient (Wildman–Crippen LogP) is 2.52. The van der Waals surface area contributed by atoms with Crippen molar-refractivity contribution in [3.05, 3.63) is 65.9 Å². The minimum atomic E-state index is -0.808. The summed E-state index contributed by atoms with van der Waals surface area (Å²) in [5, 5.41) is 17.0. The summed E-state index contributed by atoms with van der Waals surface area (Å²) in [6.07, 6.45) is 5.38. The van der Waals surface area contributed by atoms with E-state index in [1.54, 1.807) is 29.7 Å². The molecule has 34 heavy (non-hydrogen) atoms. The molecule has 0 saturated heterocycles. The number of nitrogens with one attached hydrogen (secondary N) is 2. The number of benzene rings is 1. The van der Waals surface area contributed by atoms with E-state index >= 15 is 0 Å². The van der Waals surface area contributed by atoms with Crippen LogP contribution in [0.25, 0.3) is 5.65 Å². The van der Waals surface area contributed by atoms with Crippen LogP contribution in [0.3, 0.4) is 0 Å². The number of aryl methyl sites for hydroxylation is 1. The van der Waals surface area contributed by atoms with Crippen molar-refractivity contribution in [1.29, 1.82) is 0 Å². The number of hydrogen-bond donors (Lipinski definition) is 3. The summed E-state index contributed by atoms with van der Waals surface area (Å²) in [6, 6.07) is 10.0. The van der Waals surface area contributed by atoms with E-state index in [1.807, 2.05) is 24.4 Å². The molecule has 8 nitrogen and oxygen atoms in total. The van der Waals surface area contributed by atoms with Crippen molar-refractivity contribution < 1.29 is 23.8 Å². The fourth-order valence-corrected chi connectivity index (χ4v) is 5.14. The molecule has 2 amide bonds. The van der Waals surface area contributed by atoms with Crippen molar-refractivity contribution in [3.8, 4) is 5.75 Å². The smallest absolute Gasteiger partial charge is 0.271 e. The van der Waals surface area contributed by atoms with Gasteiger partial charge in [-0.05, 0) is 62.8 Å². The van der Waals surface area contributed by atoms with Gasteiger partial charge in [0.05, 0.1) is 11.6 Å². The number of aliphatic hydroxyl groups excluding tert-OH is 1. The molecule has 2 heterocycles. The van der Waals surface area contributed by atoms with Crippen molar-refractivity contribution >= 4 is 17.5 Å². The number of hydrogen-bond acceptors (Lipinski definition) is 5. The van der Waals surface area contributed by atoms with Gasteiger partial charge in [0.1, 0.15) is 22.9 Å². The Morgan fingerprint density at radius 2 is 2.00 bits per heavy atom. The molecule has 1 aromatic carbocycles. The number of ether oxygens (including phenoxy) is 1. The third-order valence-corrected chi connectivity index (χ3v) is 7.20. The van der Waals surface area contributed by atoms with Gasteiger partial charge in [0, 0.05) is 24.0 Å². The zero-order valence-corrected chi connectivity index (χ0v) is 18.9. The van der Waals surface area contributed by atoms with E-state index < -0.39 is 23.0 Å². The number of carbonyl (C=O) groups is 2. The minimum absolute atomic E-state index is 0.270. The largest absolute Gasteiger partial charge is 0.484 e. The first-order chi connectivity index (χ1) is 16.3. The van der Waals surface area contributed by atoms with Crippen LogP contribution >= 0.6 is 0 Å². The monoisotopic (exact) mass is 466 g/mol. The molecule has 3 aliphatic carbocycles. The summed E-state index contributed by atoms with van der Waals surface area (Å²) < 4.78 is 20.9. The minimum Gasteiger partial charge on any atom is -0.484 e. The van der Waals surface area contributed by atoms with Crippen LogP contribution in [0.1, 0.15) is 48.2 Å². The first-order valence-corrected chi connectivity index (χ1v) is 11.4. The summed E-state index contributed by atoms with van der Waals surface area (Å²) in [6.45, 7) is 1.38. The number of aliphatic hydroxyl groups is 1. The first-order valence-electron chi connectivity index (χ1n) is 11.4. The number of rotatable bonds is 6. The number of nitrogens with zero attached hydrogens (tertiary/aromatic N) is 2. The molecule has 2 bridgehead atoms. The Morgan fingerprint density at radius 1 is 1.21 bits per heavy atom. The van der Waals surface area contributed by atoms with Crippen LogP contribution in [0, 0.1) is 12.7 Å². The number of carbonyl (C=O) groups excluding carboxylic acids is 2. The molecule has 2 aromatic heterocycles. The Bertz CT molecular complexity index is 1220. The average Bonchev–Trinajstić information content (AvgIpc) is 3.26. The van der Waals surface area contributed by atoms with Crippen molar-refractivity contribution in [2.45, 2.75) is 56.2 Å². The Balaban J connectivity index is 1.20. The number of pyridine rings is 1. The van der Waals surface area contributed by atoms with Gasteiger partial charge in [-0.1, -0.05) is 12.1 Å². The van der Waals surface area contributed by atoms with Gasteiger partial charge in [-0.25, -0.2) is 9.37 Å². The molecule has 0 radical (unpaired) electrons. The Kier molecular flexibility index (Phi) is 5.51. The van der Waals surface area contributed by atoms with Gasteiger partial charge in [-0.2, -0.15) is 0 Å². The SMILES string of the molecule is Cc1ccc(OCC(=O)NC23CCC(NC(=O)c4cn5ccccc5n4)(CC2)CC3O)cc1F. The lowest BCUT2D eigenvalue weighted by atomic mass is 9.60. The van der Waals surface area contributed by atoms with Crippen LogP contribution in [-0.4, -0.2) is 50.1 Å². The molecule has 6 rings (SSSR count). The predicted molar refractivity (Wildman–Crippen MR) is 122 cm³/mol. The zero-order chi connectivity index (χ0) is 23.9. The van der Waals surface area contributed by atoms with E-state index in [2.05, 4.69) is 15.6 Å². The molecular formula is C25H27FN4O4. The maximum absolute atomic E-state index is 13.7. The average molecular weight is 467 g/mol. The topological polar surface area (TPSA) is 105 Å². The molecule has 1 unspecified atom stereocenters. The second-order valence-corrected chi connectivity index (χ2v) is 9.45. The summed E-state index contributed by atoms with van der Waals surface area (Å²) in [4.78, 5) is 29.9. The molecule has 3 saturated carbocycles. The van der Waals surface area contributed by atoms with E-state index in [4.69, 9.17) is 4.74 Å². The van der Waals surface area contributed by atoms with Gasteiger partial charge in [-0.3, -0.25) is 9.59 Å². The van der Waals surface area contributed by atoms with Crippen LogP contribution in [0.2, 0.25) is 0 Å². The van der Waals surface area contributed by atoms with Crippen molar-refractivity contribution in [1.82, 2.24) is 20.0 Å². The molecule has 3 aliphatic rings. The Hall–Kier alpha value is -3.46. The summed E-state index contributed by atoms with van der Waals surface area (Å²) >= 11 is 0. The first kappa shape index (κ1) is 22.3. The molecular weight excluding hydrogens is 439 g/mol. The van der Waals surface area contributed by atoms with Gasteiger partial charge in [0.2, 0.25) is 0 Å². The van der Waals surface area contributed by atoms with E-state index in [0.717, 1.165) is 0 Å². The zero-order valence-electron chi connectivity index (χ0n) is 18.9. The van der Waals surface area contributed by atoms with Crippen LogP contribution in [0.15, 0.2) is 48.8 Å². The number of imidazole rings is 1. The fraction of sp³-hybridized carbons (Fsp3) is 0.400. The number of amides is 2. The molecule has 0 spiro atoms. The Morgan fingerprint density at radius 3 is 2.71 bits per heavy atom. The third-order valence-electron chi connectivity index (χ3n) is 7.20. The van der Waals surface area contributed by atoms with Crippen molar-refractivity contribution in [3.63, 3.8) is 0 Å². The van der Waals surface area contributed by atoms with Crippen LogP contribution < -0.4 is 15.4 Å². The molecule has 3 aromatic rings. The van der Waals surface area contributed by atoms with Crippen molar-refractivity contribution in [2.24, 2.45) is 0 Å². The Labute approximate surface area is 196 Å². The number of fused-ring (bicyclic) bond motifs is 4. The maximum atomic E-state index is 13.7. The molecule has 1 atom stereocenters. The van der Waals surface area contributed by atoms with Gasteiger partial charge in [0.15, 0.2) is 6.61 Å².